The van der Waals surface area contributed by atoms with Crippen molar-refractivity contribution < 1.29 is 0 Å². The van der Waals surface area contributed by atoms with Crippen LogP contribution < -0.4 is 4.90 Å². The van der Waals surface area contributed by atoms with Crippen LogP contribution in [-0.4, -0.2) is 17.0 Å². The number of alkyl halides is 1. The van der Waals surface area contributed by atoms with Gasteiger partial charge < -0.3 is 4.90 Å². The van der Waals surface area contributed by atoms with E-state index < -0.39 is 0 Å². The first kappa shape index (κ1) is 13.0. The lowest BCUT2D eigenvalue weighted by Crippen LogP contribution is -2.19. The van der Waals surface area contributed by atoms with Crippen molar-refractivity contribution in [3.63, 3.8) is 0 Å². The fourth-order valence-corrected chi connectivity index (χ4v) is 2.02. The largest absolute Gasteiger partial charge is 0.340 e. The molecule has 0 atom stereocenters. The van der Waals surface area contributed by atoms with Gasteiger partial charge in [-0.3, -0.25) is 0 Å². The molecule has 0 N–H and O–H groups in total. The van der Waals surface area contributed by atoms with Crippen LogP contribution in [0.25, 0.3) is 0 Å². The molecule has 0 aliphatic heterocycles. The SMILES string of the molecule is Cc1ccccc1CN(C)c1ncc(CBr)cn1. The lowest BCUT2D eigenvalue weighted by atomic mass is 10.1. The van der Waals surface area contributed by atoms with Gasteiger partial charge in [0.05, 0.1) is 0 Å². The van der Waals surface area contributed by atoms with Crippen LogP contribution >= 0.6 is 15.9 Å². The van der Waals surface area contributed by atoms with Gasteiger partial charge in [0.25, 0.3) is 0 Å². The molecule has 0 fully saturated rings. The van der Waals surface area contributed by atoms with Crippen LogP contribution in [0.3, 0.4) is 0 Å². The molecule has 18 heavy (non-hydrogen) atoms. The number of aryl methyl sites for hydroxylation is 1. The van der Waals surface area contributed by atoms with Crippen molar-refractivity contribution in [3.05, 3.63) is 53.3 Å². The van der Waals surface area contributed by atoms with E-state index in [-0.39, 0.29) is 0 Å². The molecule has 0 aliphatic rings. The van der Waals surface area contributed by atoms with Gasteiger partial charge >= 0.3 is 0 Å². The molecule has 3 nitrogen and oxygen atoms in total. The monoisotopic (exact) mass is 305 g/mol. The lowest BCUT2D eigenvalue weighted by Gasteiger charge is -2.18. The highest BCUT2D eigenvalue weighted by Crippen LogP contribution is 2.13. The number of nitrogens with zero attached hydrogens (tertiary/aromatic N) is 3. The van der Waals surface area contributed by atoms with E-state index in [1.807, 2.05) is 19.4 Å². The minimum absolute atomic E-state index is 0.753. The van der Waals surface area contributed by atoms with Crippen LogP contribution in [0.2, 0.25) is 0 Å². The number of hydrogen-bond donors (Lipinski definition) is 0. The van der Waals surface area contributed by atoms with E-state index in [4.69, 9.17) is 0 Å². The van der Waals surface area contributed by atoms with E-state index in [1.165, 1.54) is 11.1 Å². The van der Waals surface area contributed by atoms with Crippen molar-refractivity contribution in [3.8, 4) is 0 Å². The molecule has 0 radical (unpaired) electrons. The molecule has 0 aliphatic carbocycles. The molecule has 2 aromatic rings. The number of rotatable bonds is 4. The Balaban J connectivity index is 2.11. The summed E-state index contributed by atoms with van der Waals surface area (Å²) in [5.74, 6) is 0.753. The topological polar surface area (TPSA) is 29.0 Å². The quantitative estimate of drug-likeness (QED) is 0.812. The highest BCUT2D eigenvalue weighted by molar-refractivity contribution is 9.08. The zero-order valence-corrected chi connectivity index (χ0v) is 12.2. The highest BCUT2D eigenvalue weighted by Gasteiger charge is 2.06. The van der Waals surface area contributed by atoms with Gasteiger partial charge in [0.15, 0.2) is 0 Å². The molecule has 0 amide bonds. The van der Waals surface area contributed by atoms with Crippen molar-refractivity contribution in [2.24, 2.45) is 0 Å². The average Bonchev–Trinajstić information content (AvgIpc) is 2.41. The molecule has 1 aromatic heterocycles. The first-order chi connectivity index (χ1) is 8.70. The van der Waals surface area contributed by atoms with Crippen molar-refractivity contribution in [1.29, 1.82) is 0 Å². The van der Waals surface area contributed by atoms with Crippen LogP contribution in [0.5, 0.6) is 0 Å². The molecule has 2 rings (SSSR count). The first-order valence-electron chi connectivity index (χ1n) is 5.83. The van der Waals surface area contributed by atoms with Crippen molar-refractivity contribution >= 4 is 21.9 Å². The number of halogens is 1. The summed E-state index contributed by atoms with van der Waals surface area (Å²) >= 11 is 3.39. The van der Waals surface area contributed by atoms with E-state index in [0.29, 0.717) is 0 Å². The maximum absolute atomic E-state index is 4.36. The Kier molecular flexibility index (Phi) is 4.31. The Morgan fingerprint density at radius 3 is 2.44 bits per heavy atom. The molecule has 0 saturated carbocycles. The molecule has 94 valence electrons. The summed E-state index contributed by atoms with van der Waals surface area (Å²) in [6.07, 6.45) is 3.71. The Labute approximate surface area is 116 Å². The minimum Gasteiger partial charge on any atom is -0.340 e. The van der Waals surface area contributed by atoms with Crippen LogP contribution in [-0.2, 0) is 11.9 Å². The summed E-state index contributed by atoms with van der Waals surface area (Å²) < 4.78 is 0. The van der Waals surface area contributed by atoms with E-state index in [9.17, 15) is 0 Å². The third kappa shape index (κ3) is 3.07. The van der Waals surface area contributed by atoms with Gasteiger partial charge in [-0.2, -0.15) is 0 Å². The molecule has 0 unspecified atom stereocenters. The summed E-state index contributed by atoms with van der Waals surface area (Å²) in [6.45, 7) is 2.94. The molecule has 0 saturated heterocycles. The molecule has 0 bridgehead atoms. The minimum atomic E-state index is 0.753. The summed E-state index contributed by atoms with van der Waals surface area (Å²) in [7, 11) is 2.01. The van der Waals surface area contributed by atoms with Crippen LogP contribution in [0.4, 0.5) is 5.95 Å². The zero-order chi connectivity index (χ0) is 13.0. The maximum atomic E-state index is 4.36. The second-order valence-electron chi connectivity index (χ2n) is 4.31. The van der Waals surface area contributed by atoms with Gasteiger partial charge in [0.1, 0.15) is 0 Å². The second-order valence-corrected chi connectivity index (χ2v) is 4.87. The van der Waals surface area contributed by atoms with Gasteiger partial charge in [-0.1, -0.05) is 40.2 Å². The predicted octanol–water partition coefficient (Wildman–Crippen LogP) is 3.32. The second kappa shape index (κ2) is 5.96. The van der Waals surface area contributed by atoms with E-state index in [1.54, 1.807) is 0 Å². The van der Waals surface area contributed by atoms with E-state index >= 15 is 0 Å². The third-order valence-corrected chi connectivity index (χ3v) is 3.50. The Morgan fingerprint density at radius 2 is 1.83 bits per heavy atom. The average molecular weight is 306 g/mol. The van der Waals surface area contributed by atoms with Crippen LogP contribution in [0, 0.1) is 6.92 Å². The number of hydrogen-bond acceptors (Lipinski definition) is 3. The summed E-state index contributed by atoms with van der Waals surface area (Å²) in [6, 6.07) is 8.38. The molecule has 4 heteroatoms. The van der Waals surface area contributed by atoms with Gasteiger partial charge in [-0.05, 0) is 23.6 Å². The highest BCUT2D eigenvalue weighted by atomic mass is 79.9. The third-order valence-electron chi connectivity index (χ3n) is 2.86. The van der Waals surface area contributed by atoms with E-state index in [0.717, 1.165) is 23.4 Å². The first-order valence-corrected chi connectivity index (χ1v) is 6.95. The Morgan fingerprint density at radius 1 is 1.17 bits per heavy atom. The number of aromatic nitrogens is 2. The Hall–Kier alpha value is -1.42. The van der Waals surface area contributed by atoms with Crippen molar-refractivity contribution in [1.82, 2.24) is 9.97 Å². The summed E-state index contributed by atoms with van der Waals surface area (Å²) in [5.41, 5.74) is 3.68. The smallest absolute Gasteiger partial charge is 0.225 e. The van der Waals surface area contributed by atoms with Crippen LogP contribution in [0.1, 0.15) is 16.7 Å². The molecule has 1 aromatic carbocycles. The lowest BCUT2D eigenvalue weighted by molar-refractivity contribution is 0.858. The van der Waals surface area contributed by atoms with Gasteiger partial charge in [-0.25, -0.2) is 9.97 Å². The summed E-state index contributed by atoms with van der Waals surface area (Å²) in [4.78, 5) is 10.8. The van der Waals surface area contributed by atoms with Gasteiger partial charge in [0, 0.05) is 31.3 Å². The van der Waals surface area contributed by atoms with Crippen molar-refractivity contribution in [2.75, 3.05) is 11.9 Å². The molecular weight excluding hydrogens is 290 g/mol. The summed E-state index contributed by atoms with van der Waals surface area (Å²) in [5, 5.41) is 0.786. The van der Waals surface area contributed by atoms with Gasteiger partial charge in [0.2, 0.25) is 5.95 Å². The molecule has 1 heterocycles. The number of benzene rings is 1. The van der Waals surface area contributed by atoms with Gasteiger partial charge in [-0.15, -0.1) is 0 Å². The molecule has 0 spiro atoms. The number of anilines is 1. The standard InChI is InChI=1S/C14H16BrN3/c1-11-5-3-4-6-13(11)10-18(2)14-16-8-12(7-15)9-17-14/h3-6,8-9H,7,10H2,1-2H3. The fraction of sp³-hybridized carbons (Fsp3) is 0.286. The van der Waals surface area contributed by atoms with Crippen molar-refractivity contribution in [2.45, 2.75) is 18.8 Å². The maximum Gasteiger partial charge on any atom is 0.225 e. The van der Waals surface area contributed by atoms with E-state index in [2.05, 4.69) is 62.0 Å². The Bertz CT molecular complexity index is 511. The fourth-order valence-electron chi connectivity index (χ4n) is 1.73. The predicted molar refractivity (Wildman–Crippen MR) is 77.9 cm³/mol. The normalized spacial score (nSPS) is 10.4. The zero-order valence-electron chi connectivity index (χ0n) is 10.6. The van der Waals surface area contributed by atoms with Crippen LogP contribution in [0.15, 0.2) is 36.7 Å². The molecular formula is C14H16BrN3.